The molecular weight excluding hydrogens is 411 g/mol. The molecule has 2 nitrogen and oxygen atoms in total. The standard InChI is InChI=1S/C30H29FO2/c1-19-7-11-25(17-20(19)2)29(24-12-8-22(9-13-24)10-16-28(32)33)30(23-5-4-6-23)27-15-14-26(31)18-21(27)3/h7-18,23H,4-6H2,1-3H3,(H,32,33). The number of aliphatic carboxylic acids is 1. The number of aryl methyl sites for hydroxylation is 3. The highest BCUT2D eigenvalue weighted by Gasteiger charge is 2.28. The summed E-state index contributed by atoms with van der Waals surface area (Å²) in [6.45, 7) is 6.22. The van der Waals surface area contributed by atoms with E-state index in [0.29, 0.717) is 5.92 Å². The van der Waals surface area contributed by atoms with Gasteiger partial charge in [-0.15, -0.1) is 0 Å². The van der Waals surface area contributed by atoms with E-state index in [1.54, 1.807) is 18.2 Å². The third kappa shape index (κ3) is 4.98. The Morgan fingerprint density at radius 3 is 2.15 bits per heavy atom. The summed E-state index contributed by atoms with van der Waals surface area (Å²) in [5.74, 6) is -0.752. The Morgan fingerprint density at radius 2 is 1.58 bits per heavy atom. The van der Waals surface area contributed by atoms with E-state index in [9.17, 15) is 9.18 Å². The van der Waals surface area contributed by atoms with E-state index in [1.807, 2.05) is 25.1 Å². The van der Waals surface area contributed by atoms with Crippen molar-refractivity contribution in [1.82, 2.24) is 0 Å². The molecule has 1 saturated carbocycles. The number of hydrogen-bond acceptors (Lipinski definition) is 1. The van der Waals surface area contributed by atoms with E-state index in [0.717, 1.165) is 46.7 Å². The summed E-state index contributed by atoms with van der Waals surface area (Å²) in [7, 11) is 0. The van der Waals surface area contributed by atoms with Crippen LogP contribution in [0.25, 0.3) is 17.2 Å². The van der Waals surface area contributed by atoms with E-state index >= 15 is 0 Å². The van der Waals surface area contributed by atoms with Gasteiger partial charge in [-0.25, -0.2) is 9.18 Å². The van der Waals surface area contributed by atoms with Gasteiger partial charge >= 0.3 is 5.97 Å². The van der Waals surface area contributed by atoms with Gasteiger partial charge in [-0.2, -0.15) is 0 Å². The van der Waals surface area contributed by atoms with Crippen molar-refractivity contribution in [3.63, 3.8) is 0 Å². The molecule has 0 heterocycles. The number of halogens is 1. The molecule has 3 aromatic rings. The first-order valence-corrected chi connectivity index (χ1v) is 11.4. The van der Waals surface area contributed by atoms with Gasteiger partial charge in [0.1, 0.15) is 5.82 Å². The van der Waals surface area contributed by atoms with Gasteiger partial charge in [0.15, 0.2) is 0 Å². The molecule has 168 valence electrons. The quantitative estimate of drug-likeness (QED) is 0.316. The molecule has 1 fully saturated rings. The van der Waals surface area contributed by atoms with Crippen molar-refractivity contribution in [2.75, 3.05) is 0 Å². The van der Waals surface area contributed by atoms with Crippen molar-refractivity contribution in [2.45, 2.75) is 40.0 Å². The first-order valence-electron chi connectivity index (χ1n) is 11.4. The van der Waals surface area contributed by atoms with Crippen LogP contribution in [-0.4, -0.2) is 11.1 Å². The normalized spacial score (nSPS) is 14.8. The van der Waals surface area contributed by atoms with Crippen LogP contribution in [-0.2, 0) is 4.79 Å². The van der Waals surface area contributed by atoms with Crippen LogP contribution in [0.4, 0.5) is 4.39 Å². The number of allylic oxidation sites excluding steroid dienone is 1. The lowest BCUT2D eigenvalue weighted by atomic mass is 9.72. The molecule has 0 amide bonds. The maximum atomic E-state index is 14.0. The predicted octanol–water partition coefficient (Wildman–Crippen LogP) is 7.61. The molecule has 0 saturated heterocycles. The molecule has 0 bridgehead atoms. The number of benzene rings is 3. The van der Waals surface area contributed by atoms with Gasteiger partial charge in [-0.3, -0.25) is 0 Å². The minimum absolute atomic E-state index is 0.216. The Morgan fingerprint density at radius 1 is 0.879 bits per heavy atom. The number of hydrogen-bond donors (Lipinski definition) is 1. The van der Waals surface area contributed by atoms with Crippen LogP contribution in [0.2, 0.25) is 0 Å². The Labute approximate surface area is 195 Å². The Bertz CT molecular complexity index is 1240. The molecule has 1 aliphatic carbocycles. The van der Waals surface area contributed by atoms with Gasteiger partial charge in [0.2, 0.25) is 0 Å². The monoisotopic (exact) mass is 440 g/mol. The number of carbonyl (C=O) groups is 1. The second-order valence-electron chi connectivity index (χ2n) is 8.97. The fraction of sp³-hybridized carbons (Fsp3) is 0.233. The number of carboxylic acids is 1. The fourth-order valence-electron chi connectivity index (χ4n) is 4.49. The maximum Gasteiger partial charge on any atom is 0.328 e. The van der Waals surface area contributed by atoms with Crippen LogP contribution in [0.15, 0.2) is 66.7 Å². The summed E-state index contributed by atoms with van der Waals surface area (Å²) in [5.41, 5.74) is 10.0. The summed E-state index contributed by atoms with van der Waals surface area (Å²) in [5, 5.41) is 8.93. The van der Waals surface area contributed by atoms with Crippen LogP contribution >= 0.6 is 0 Å². The van der Waals surface area contributed by atoms with E-state index in [1.165, 1.54) is 28.7 Å². The van der Waals surface area contributed by atoms with E-state index in [-0.39, 0.29) is 5.82 Å². The summed E-state index contributed by atoms with van der Waals surface area (Å²) >= 11 is 0. The van der Waals surface area contributed by atoms with Crippen molar-refractivity contribution >= 4 is 23.2 Å². The number of carboxylic acid groups (broad SMARTS) is 1. The van der Waals surface area contributed by atoms with E-state index in [2.05, 4.69) is 44.2 Å². The highest BCUT2D eigenvalue weighted by Crippen LogP contribution is 2.46. The minimum atomic E-state index is -0.964. The lowest BCUT2D eigenvalue weighted by Crippen LogP contribution is -2.16. The topological polar surface area (TPSA) is 37.3 Å². The molecule has 3 heteroatoms. The molecule has 0 atom stereocenters. The summed E-state index contributed by atoms with van der Waals surface area (Å²) in [6.07, 6.45) is 6.20. The Hall–Kier alpha value is -3.46. The fourth-order valence-corrected chi connectivity index (χ4v) is 4.49. The van der Waals surface area contributed by atoms with Crippen molar-refractivity contribution in [1.29, 1.82) is 0 Å². The molecule has 33 heavy (non-hydrogen) atoms. The van der Waals surface area contributed by atoms with Gasteiger partial charge in [0.05, 0.1) is 0 Å². The maximum absolute atomic E-state index is 14.0. The highest BCUT2D eigenvalue weighted by molar-refractivity contribution is 6.00. The summed E-state index contributed by atoms with van der Waals surface area (Å²) in [6, 6.07) is 19.7. The molecule has 1 aliphatic rings. The average molecular weight is 441 g/mol. The zero-order valence-corrected chi connectivity index (χ0v) is 19.4. The van der Waals surface area contributed by atoms with Crippen molar-refractivity contribution < 1.29 is 14.3 Å². The molecule has 3 aromatic carbocycles. The lowest BCUT2D eigenvalue weighted by molar-refractivity contribution is -0.131. The third-order valence-corrected chi connectivity index (χ3v) is 6.67. The summed E-state index contributed by atoms with van der Waals surface area (Å²) < 4.78 is 14.0. The smallest absolute Gasteiger partial charge is 0.328 e. The van der Waals surface area contributed by atoms with Crippen LogP contribution < -0.4 is 0 Å². The molecule has 1 N–H and O–H groups in total. The number of rotatable bonds is 6. The second kappa shape index (κ2) is 9.58. The predicted molar refractivity (Wildman–Crippen MR) is 133 cm³/mol. The van der Waals surface area contributed by atoms with Gasteiger partial charge in [-0.1, -0.05) is 55.0 Å². The van der Waals surface area contributed by atoms with Gasteiger partial charge < -0.3 is 5.11 Å². The molecule has 4 rings (SSSR count). The molecular formula is C30H29FO2. The van der Waals surface area contributed by atoms with E-state index < -0.39 is 5.97 Å². The van der Waals surface area contributed by atoms with Crippen molar-refractivity contribution in [3.05, 3.63) is 112 Å². The largest absolute Gasteiger partial charge is 0.478 e. The average Bonchev–Trinajstić information content (AvgIpc) is 2.74. The zero-order chi connectivity index (χ0) is 23.5. The minimum Gasteiger partial charge on any atom is -0.478 e. The molecule has 0 spiro atoms. The molecule has 0 aromatic heterocycles. The highest BCUT2D eigenvalue weighted by atomic mass is 19.1. The first kappa shape index (κ1) is 22.7. The van der Waals surface area contributed by atoms with Crippen LogP contribution in [0.5, 0.6) is 0 Å². The van der Waals surface area contributed by atoms with Crippen LogP contribution in [0.1, 0.15) is 58.2 Å². The van der Waals surface area contributed by atoms with Gasteiger partial charge in [-0.05, 0) is 108 Å². The zero-order valence-electron chi connectivity index (χ0n) is 19.4. The second-order valence-corrected chi connectivity index (χ2v) is 8.97. The molecule has 0 radical (unpaired) electrons. The lowest BCUT2D eigenvalue weighted by Gasteiger charge is -2.32. The van der Waals surface area contributed by atoms with Crippen LogP contribution in [0, 0.1) is 32.5 Å². The van der Waals surface area contributed by atoms with Gasteiger partial charge in [0.25, 0.3) is 0 Å². The van der Waals surface area contributed by atoms with Crippen molar-refractivity contribution in [3.8, 4) is 0 Å². The van der Waals surface area contributed by atoms with Crippen molar-refractivity contribution in [2.24, 2.45) is 5.92 Å². The summed E-state index contributed by atoms with van der Waals surface area (Å²) in [4.78, 5) is 10.9. The Kier molecular flexibility index (Phi) is 6.60. The van der Waals surface area contributed by atoms with E-state index in [4.69, 9.17) is 5.11 Å². The molecule has 0 unspecified atom stereocenters. The first-order chi connectivity index (χ1) is 15.8. The van der Waals surface area contributed by atoms with Crippen LogP contribution in [0.3, 0.4) is 0 Å². The van der Waals surface area contributed by atoms with Gasteiger partial charge in [0, 0.05) is 6.08 Å². The Balaban J connectivity index is 1.96. The third-order valence-electron chi connectivity index (χ3n) is 6.67. The molecule has 0 aliphatic heterocycles. The SMILES string of the molecule is Cc1ccc(C(=C(c2ccc(F)cc2C)C2CCC2)c2ccc(C=CC(=O)O)cc2)cc1C.